The van der Waals surface area contributed by atoms with Crippen LogP contribution in [0, 0.1) is 11.2 Å². The number of nitrogens with one attached hydrogen (secondary N) is 1. The van der Waals surface area contributed by atoms with Gasteiger partial charge in [0.15, 0.2) is 5.82 Å². The van der Waals surface area contributed by atoms with Gasteiger partial charge in [-0.15, -0.1) is 0 Å². The number of fused-ring (bicyclic) bond motifs is 1. The number of anilines is 1. The van der Waals surface area contributed by atoms with Gasteiger partial charge in [-0.2, -0.15) is 0 Å². The molecule has 1 aromatic carbocycles. The quantitative estimate of drug-likeness (QED) is 0.633. The van der Waals surface area contributed by atoms with Crippen LogP contribution in [0.15, 0.2) is 16.6 Å². The Kier molecular flexibility index (Phi) is 4.17. The zero-order chi connectivity index (χ0) is 15.0. The van der Waals surface area contributed by atoms with Crippen LogP contribution in [0.4, 0.5) is 10.1 Å². The summed E-state index contributed by atoms with van der Waals surface area (Å²) in [6.07, 6.45) is 3.75. The summed E-state index contributed by atoms with van der Waals surface area (Å²) in [5, 5.41) is 7.47. The van der Waals surface area contributed by atoms with Gasteiger partial charge in [0.05, 0.1) is 10.2 Å². The van der Waals surface area contributed by atoms with E-state index in [9.17, 15) is 4.39 Å². The summed E-state index contributed by atoms with van der Waals surface area (Å²) in [5.74, 6) is -0.434. The molecule has 0 radical (unpaired) electrons. The first-order chi connectivity index (χ1) is 10.1. The third-order valence-corrected chi connectivity index (χ3v) is 5.31. The zero-order valence-electron chi connectivity index (χ0n) is 11.9. The average molecular weight is 355 g/mol. The van der Waals surface area contributed by atoms with Crippen molar-refractivity contribution in [3.63, 3.8) is 0 Å². The van der Waals surface area contributed by atoms with E-state index >= 15 is 0 Å². The fourth-order valence-corrected chi connectivity index (χ4v) is 3.92. The van der Waals surface area contributed by atoms with Crippen molar-refractivity contribution >= 4 is 27.5 Å². The van der Waals surface area contributed by atoms with E-state index in [0.29, 0.717) is 21.8 Å². The van der Waals surface area contributed by atoms with Gasteiger partial charge in [0.25, 0.3) is 0 Å². The van der Waals surface area contributed by atoms with Crippen molar-refractivity contribution in [2.45, 2.75) is 25.3 Å². The number of amidine groups is 1. The molecule has 114 valence electrons. The van der Waals surface area contributed by atoms with Crippen LogP contribution < -0.4 is 10.6 Å². The molecule has 0 bridgehead atoms. The van der Waals surface area contributed by atoms with Crippen LogP contribution in [0.1, 0.15) is 24.8 Å². The van der Waals surface area contributed by atoms with Gasteiger partial charge in [-0.25, -0.2) is 4.39 Å². The van der Waals surface area contributed by atoms with Gasteiger partial charge in [0, 0.05) is 31.2 Å². The van der Waals surface area contributed by atoms with Crippen molar-refractivity contribution in [3.8, 4) is 0 Å². The highest BCUT2D eigenvalue weighted by Crippen LogP contribution is 2.32. The van der Waals surface area contributed by atoms with Crippen LogP contribution in [-0.2, 0) is 0 Å². The van der Waals surface area contributed by atoms with Crippen LogP contribution in [-0.4, -0.2) is 43.0 Å². The van der Waals surface area contributed by atoms with Crippen molar-refractivity contribution in [2.75, 3.05) is 31.1 Å². The number of piperidine rings is 1. The molecule has 3 rings (SSSR count). The number of benzene rings is 1. The Hall–Kier alpha value is -1.14. The Morgan fingerprint density at radius 2 is 2.10 bits per heavy atom. The third kappa shape index (κ3) is 2.79. The number of piperazine rings is 1. The molecule has 0 amide bonds. The molecule has 2 saturated heterocycles. The van der Waals surface area contributed by atoms with E-state index < -0.39 is 0 Å². The maximum Gasteiger partial charge on any atom is 0.161 e. The van der Waals surface area contributed by atoms with Crippen molar-refractivity contribution in [3.05, 3.63) is 28.0 Å². The number of hydrogen-bond donors (Lipinski definition) is 2. The number of rotatable bonds is 2. The molecule has 21 heavy (non-hydrogen) atoms. The minimum Gasteiger partial charge on any atom is -0.384 e. The van der Waals surface area contributed by atoms with Crippen LogP contribution >= 0.6 is 15.9 Å². The molecule has 2 fully saturated rings. The summed E-state index contributed by atoms with van der Waals surface area (Å²) in [7, 11) is 0. The van der Waals surface area contributed by atoms with Gasteiger partial charge < -0.3 is 10.6 Å². The second-order valence-corrected chi connectivity index (χ2v) is 6.60. The molecular formula is C15H20BrFN4. The Morgan fingerprint density at radius 3 is 2.86 bits per heavy atom. The monoisotopic (exact) mass is 354 g/mol. The molecule has 2 aliphatic heterocycles. The van der Waals surface area contributed by atoms with Crippen LogP contribution in [0.25, 0.3) is 0 Å². The van der Waals surface area contributed by atoms with Crippen molar-refractivity contribution in [2.24, 2.45) is 5.73 Å². The molecular weight excluding hydrogens is 335 g/mol. The van der Waals surface area contributed by atoms with Crippen molar-refractivity contribution in [1.82, 2.24) is 4.90 Å². The molecule has 2 heterocycles. The summed E-state index contributed by atoms with van der Waals surface area (Å²) in [6.45, 7) is 3.90. The molecule has 1 aromatic rings. The second kappa shape index (κ2) is 5.93. The zero-order valence-corrected chi connectivity index (χ0v) is 13.5. The van der Waals surface area contributed by atoms with Crippen molar-refractivity contribution < 1.29 is 4.39 Å². The van der Waals surface area contributed by atoms with Crippen LogP contribution in [0.2, 0.25) is 0 Å². The van der Waals surface area contributed by atoms with E-state index in [1.807, 2.05) is 0 Å². The van der Waals surface area contributed by atoms with Gasteiger partial charge in [-0.3, -0.25) is 10.3 Å². The Bertz CT molecular complexity index is 563. The number of nitrogen functional groups attached to an aromatic ring is 1. The van der Waals surface area contributed by atoms with E-state index in [1.165, 1.54) is 25.8 Å². The van der Waals surface area contributed by atoms with Gasteiger partial charge in [0.1, 0.15) is 5.84 Å². The lowest BCUT2D eigenvalue weighted by Gasteiger charge is -2.45. The lowest BCUT2D eigenvalue weighted by atomic mass is 9.99. The molecule has 3 N–H and O–H groups in total. The van der Waals surface area contributed by atoms with Gasteiger partial charge in [-0.05, 0) is 47.4 Å². The molecule has 6 heteroatoms. The standard InChI is InChI=1S/C15H20BrFN4/c16-13-11(15(18)19)4-5-12(14(13)17)21-8-7-20-6-2-1-3-10(20)9-21/h4-5,10H,1-3,6-9H2,(H3,18,19). The third-order valence-electron chi connectivity index (χ3n) is 4.53. The fraction of sp³-hybridized carbons (Fsp3) is 0.533. The molecule has 4 nitrogen and oxygen atoms in total. The van der Waals surface area contributed by atoms with Gasteiger partial charge >= 0.3 is 0 Å². The van der Waals surface area contributed by atoms with E-state index in [4.69, 9.17) is 11.1 Å². The summed E-state index contributed by atoms with van der Waals surface area (Å²) >= 11 is 3.23. The van der Waals surface area contributed by atoms with E-state index in [1.54, 1.807) is 12.1 Å². The fourth-order valence-electron chi connectivity index (χ4n) is 3.37. The second-order valence-electron chi connectivity index (χ2n) is 5.81. The maximum atomic E-state index is 14.6. The summed E-state index contributed by atoms with van der Waals surface area (Å²) in [5.41, 5.74) is 6.48. The molecule has 0 aliphatic carbocycles. The highest BCUT2D eigenvalue weighted by molar-refractivity contribution is 9.10. The van der Waals surface area contributed by atoms with Crippen LogP contribution in [0.5, 0.6) is 0 Å². The topological polar surface area (TPSA) is 56.4 Å². The largest absolute Gasteiger partial charge is 0.384 e. The first-order valence-electron chi connectivity index (χ1n) is 7.39. The normalized spacial score (nSPS) is 23.0. The summed E-state index contributed by atoms with van der Waals surface area (Å²) in [6, 6.07) is 4.01. The average Bonchev–Trinajstić information content (AvgIpc) is 2.49. The first-order valence-corrected chi connectivity index (χ1v) is 8.18. The van der Waals surface area contributed by atoms with E-state index in [-0.39, 0.29) is 11.7 Å². The number of hydrogen-bond acceptors (Lipinski definition) is 3. The lowest BCUT2D eigenvalue weighted by Crippen LogP contribution is -2.55. The Balaban J connectivity index is 1.84. The van der Waals surface area contributed by atoms with Gasteiger partial charge in [0.2, 0.25) is 0 Å². The Labute approximate surface area is 132 Å². The van der Waals surface area contributed by atoms with Crippen molar-refractivity contribution in [1.29, 1.82) is 5.41 Å². The minimum atomic E-state index is -0.313. The number of nitrogens with zero attached hydrogens (tertiary/aromatic N) is 2. The first kappa shape index (κ1) is 14.8. The van der Waals surface area contributed by atoms with E-state index in [2.05, 4.69) is 25.7 Å². The SMILES string of the molecule is N=C(N)c1ccc(N2CCN3CCCCC3C2)c(F)c1Br. The lowest BCUT2D eigenvalue weighted by molar-refractivity contribution is 0.133. The Morgan fingerprint density at radius 1 is 1.29 bits per heavy atom. The predicted octanol–water partition coefficient (Wildman–Crippen LogP) is 2.55. The smallest absolute Gasteiger partial charge is 0.161 e. The molecule has 1 atom stereocenters. The highest BCUT2D eigenvalue weighted by atomic mass is 79.9. The maximum absolute atomic E-state index is 14.6. The van der Waals surface area contributed by atoms with Gasteiger partial charge in [-0.1, -0.05) is 6.42 Å². The molecule has 0 saturated carbocycles. The summed E-state index contributed by atoms with van der Waals surface area (Å²) < 4.78 is 14.9. The van der Waals surface area contributed by atoms with E-state index in [0.717, 1.165) is 19.6 Å². The number of nitrogens with two attached hydrogens (primary N) is 1. The molecule has 0 spiro atoms. The predicted molar refractivity (Wildman–Crippen MR) is 86.5 cm³/mol. The molecule has 1 unspecified atom stereocenters. The van der Waals surface area contributed by atoms with Crippen LogP contribution in [0.3, 0.4) is 0 Å². The summed E-state index contributed by atoms with van der Waals surface area (Å²) in [4.78, 5) is 4.65. The number of halogens is 2. The highest BCUT2D eigenvalue weighted by Gasteiger charge is 2.30. The molecule has 2 aliphatic rings. The molecule has 0 aromatic heterocycles. The minimum absolute atomic E-state index is 0.121.